The third kappa shape index (κ3) is 2.85. The number of halogens is 1. The molecule has 3 N–H and O–H groups in total. The van der Waals surface area contributed by atoms with E-state index in [-0.39, 0.29) is 6.04 Å². The SMILES string of the molecule is CC(Nc1cnc(N)cn1)c1ccccc1Cl. The summed E-state index contributed by atoms with van der Waals surface area (Å²) in [5.74, 6) is 1.08. The average molecular weight is 249 g/mol. The van der Waals surface area contributed by atoms with Crippen molar-refractivity contribution >= 4 is 23.2 Å². The molecule has 2 aromatic rings. The average Bonchev–Trinajstić information content (AvgIpc) is 2.32. The van der Waals surface area contributed by atoms with Crippen LogP contribution in [-0.2, 0) is 0 Å². The van der Waals surface area contributed by atoms with Crippen LogP contribution in [0.4, 0.5) is 11.6 Å². The first-order chi connectivity index (χ1) is 8.16. The van der Waals surface area contributed by atoms with E-state index in [4.69, 9.17) is 17.3 Å². The van der Waals surface area contributed by atoms with Crippen molar-refractivity contribution in [2.24, 2.45) is 0 Å². The highest BCUT2D eigenvalue weighted by atomic mass is 35.5. The van der Waals surface area contributed by atoms with Gasteiger partial charge in [0, 0.05) is 5.02 Å². The lowest BCUT2D eigenvalue weighted by Gasteiger charge is -2.15. The highest BCUT2D eigenvalue weighted by molar-refractivity contribution is 6.31. The number of hydrogen-bond donors (Lipinski definition) is 2. The first-order valence-electron chi connectivity index (χ1n) is 5.25. The summed E-state index contributed by atoms with van der Waals surface area (Å²) in [7, 11) is 0. The zero-order valence-electron chi connectivity index (χ0n) is 9.39. The maximum absolute atomic E-state index is 6.11. The van der Waals surface area contributed by atoms with Crippen molar-refractivity contribution in [3.63, 3.8) is 0 Å². The van der Waals surface area contributed by atoms with E-state index in [1.807, 2.05) is 31.2 Å². The molecule has 0 radical (unpaired) electrons. The Labute approximate surface area is 105 Å². The van der Waals surface area contributed by atoms with Crippen molar-refractivity contribution in [2.75, 3.05) is 11.1 Å². The van der Waals surface area contributed by atoms with Crippen LogP contribution in [0.2, 0.25) is 5.02 Å². The Morgan fingerprint density at radius 1 is 1.24 bits per heavy atom. The van der Waals surface area contributed by atoms with Crippen LogP contribution < -0.4 is 11.1 Å². The molecule has 0 aliphatic heterocycles. The van der Waals surface area contributed by atoms with Crippen molar-refractivity contribution in [3.05, 3.63) is 47.2 Å². The molecule has 0 saturated carbocycles. The van der Waals surface area contributed by atoms with Crippen LogP contribution in [0.15, 0.2) is 36.7 Å². The number of nitrogens with two attached hydrogens (primary N) is 1. The third-order valence-electron chi connectivity index (χ3n) is 2.41. The van der Waals surface area contributed by atoms with Gasteiger partial charge in [-0.25, -0.2) is 9.97 Å². The third-order valence-corrected chi connectivity index (χ3v) is 2.75. The minimum atomic E-state index is 0.0571. The van der Waals surface area contributed by atoms with Crippen LogP contribution in [0, 0.1) is 0 Å². The van der Waals surface area contributed by atoms with Gasteiger partial charge in [-0.2, -0.15) is 0 Å². The van der Waals surface area contributed by atoms with E-state index in [2.05, 4.69) is 15.3 Å². The molecule has 0 fully saturated rings. The van der Waals surface area contributed by atoms with Gasteiger partial charge in [0.05, 0.1) is 18.4 Å². The van der Waals surface area contributed by atoms with Crippen LogP contribution in [0.25, 0.3) is 0 Å². The molecule has 1 atom stereocenters. The first-order valence-corrected chi connectivity index (χ1v) is 5.63. The highest BCUT2D eigenvalue weighted by Crippen LogP contribution is 2.24. The molecule has 1 aromatic heterocycles. The molecule has 0 bridgehead atoms. The quantitative estimate of drug-likeness (QED) is 0.877. The molecule has 17 heavy (non-hydrogen) atoms. The Balaban J connectivity index is 2.14. The Bertz CT molecular complexity index is 498. The number of nitrogen functional groups attached to an aromatic ring is 1. The number of hydrogen-bond acceptors (Lipinski definition) is 4. The van der Waals surface area contributed by atoms with E-state index in [9.17, 15) is 0 Å². The van der Waals surface area contributed by atoms with Gasteiger partial charge in [0.15, 0.2) is 0 Å². The van der Waals surface area contributed by atoms with Gasteiger partial charge in [-0.05, 0) is 18.6 Å². The first kappa shape index (κ1) is 11.7. The minimum Gasteiger partial charge on any atom is -0.382 e. The van der Waals surface area contributed by atoms with Gasteiger partial charge < -0.3 is 11.1 Å². The Hall–Kier alpha value is -1.81. The van der Waals surface area contributed by atoms with Crippen LogP contribution >= 0.6 is 11.6 Å². The van der Waals surface area contributed by atoms with E-state index < -0.39 is 0 Å². The van der Waals surface area contributed by atoms with E-state index in [1.54, 1.807) is 6.20 Å². The molecule has 2 rings (SSSR count). The Morgan fingerprint density at radius 2 is 2.00 bits per heavy atom. The lowest BCUT2D eigenvalue weighted by atomic mass is 10.1. The molecule has 0 saturated heterocycles. The van der Waals surface area contributed by atoms with Crippen molar-refractivity contribution in [2.45, 2.75) is 13.0 Å². The molecule has 5 heteroatoms. The van der Waals surface area contributed by atoms with Crippen LogP contribution in [-0.4, -0.2) is 9.97 Å². The van der Waals surface area contributed by atoms with Crippen molar-refractivity contribution in [1.82, 2.24) is 9.97 Å². The summed E-state index contributed by atoms with van der Waals surface area (Å²) >= 11 is 6.11. The molecule has 0 aliphatic carbocycles. The largest absolute Gasteiger partial charge is 0.382 e. The van der Waals surface area contributed by atoms with Gasteiger partial charge in [-0.15, -0.1) is 0 Å². The second kappa shape index (κ2) is 5.01. The number of benzene rings is 1. The number of rotatable bonds is 3. The van der Waals surface area contributed by atoms with E-state index in [0.29, 0.717) is 11.6 Å². The monoisotopic (exact) mass is 248 g/mol. The molecular weight excluding hydrogens is 236 g/mol. The molecule has 0 spiro atoms. The lowest BCUT2D eigenvalue weighted by Crippen LogP contribution is -2.09. The molecule has 4 nitrogen and oxygen atoms in total. The van der Waals surface area contributed by atoms with E-state index in [1.165, 1.54) is 6.20 Å². The van der Waals surface area contributed by atoms with Gasteiger partial charge >= 0.3 is 0 Å². The molecule has 0 aliphatic rings. The molecule has 88 valence electrons. The van der Waals surface area contributed by atoms with Crippen molar-refractivity contribution in [3.8, 4) is 0 Å². The van der Waals surface area contributed by atoms with Crippen molar-refractivity contribution in [1.29, 1.82) is 0 Å². The Morgan fingerprint density at radius 3 is 2.65 bits per heavy atom. The summed E-state index contributed by atoms with van der Waals surface area (Å²) < 4.78 is 0. The second-order valence-electron chi connectivity index (χ2n) is 3.71. The Kier molecular flexibility index (Phi) is 3.44. The lowest BCUT2D eigenvalue weighted by molar-refractivity contribution is 0.872. The summed E-state index contributed by atoms with van der Waals surface area (Å²) in [5.41, 5.74) is 6.49. The molecule has 1 unspecified atom stereocenters. The standard InChI is InChI=1S/C12H13ClN4/c1-8(9-4-2-3-5-10(9)13)17-12-7-15-11(14)6-16-12/h2-8H,1H3,(H2,14,15)(H,16,17). The van der Waals surface area contributed by atoms with Crippen LogP contribution in [0.1, 0.15) is 18.5 Å². The maximum Gasteiger partial charge on any atom is 0.145 e. The normalized spacial score (nSPS) is 12.1. The second-order valence-corrected chi connectivity index (χ2v) is 4.12. The van der Waals surface area contributed by atoms with Gasteiger partial charge in [0.1, 0.15) is 11.6 Å². The van der Waals surface area contributed by atoms with Gasteiger partial charge in [0.25, 0.3) is 0 Å². The predicted molar refractivity (Wildman–Crippen MR) is 69.9 cm³/mol. The number of aromatic nitrogens is 2. The van der Waals surface area contributed by atoms with E-state index >= 15 is 0 Å². The minimum absolute atomic E-state index is 0.0571. The van der Waals surface area contributed by atoms with Crippen LogP contribution in [0.5, 0.6) is 0 Å². The fourth-order valence-corrected chi connectivity index (χ4v) is 1.84. The number of nitrogens with zero attached hydrogens (tertiary/aromatic N) is 2. The summed E-state index contributed by atoms with van der Waals surface area (Å²) in [5, 5.41) is 3.94. The fraction of sp³-hybridized carbons (Fsp3) is 0.167. The summed E-state index contributed by atoms with van der Waals surface area (Å²) in [6, 6.07) is 7.76. The highest BCUT2D eigenvalue weighted by Gasteiger charge is 2.09. The summed E-state index contributed by atoms with van der Waals surface area (Å²) in [6.07, 6.45) is 3.12. The number of nitrogens with one attached hydrogen (secondary N) is 1. The predicted octanol–water partition coefficient (Wildman–Crippen LogP) is 2.89. The molecule has 1 heterocycles. The summed E-state index contributed by atoms with van der Waals surface area (Å²) in [4.78, 5) is 8.10. The number of anilines is 2. The topological polar surface area (TPSA) is 63.8 Å². The smallest absolute Gasteiger partial charge is 0.145 e. The van der Waals surface area contributed by atoms with E-state index in [0.717, 1.165) is 10.6 Å². The zero-order valence-corrected chi connectivity index (χ0v) is 10.1. The molecule has 0 amide bonds. The molecular formula is C12H13ClN4. The zero-order chi connectivity index (χ0) is 12.3. The van der Waals surface area contributed by atoms with Gasteiger partial charge in [-0.3, -0.25) is 0 Å². The van der Waals surface area contributed by atoms with Gasteiger partial charge in [0.2, 0.25) is 0 Å². The summed E-state index contributed by atoms with van der Waals surface area (Å²) in [6.45, 7) is 2.01. The molecule has 1 aromatic carbocycles. The van der Waals surface area contributed by atoms with Crippen LogP contribution in [0.3, 0.4) is 0 Å². The van der Waals surface area contributed by atoms with Crippen molar-refractivity contribution < 1.29 is 0 Å². The fourth-order valence-electron chi connectivity index (χ4n) is 1.54. The maximum atomic E-state index is 6.11. The van der Waals surface area contributed by atoms with Gasteiger partial charge in [-0.1, -0.05) is 29.8 Å².